The highest BCUT2D eigenvalue weighted by Crippen LogP contribution is 2.35. The summed E-state index contributed by atoms with van der Waals surface area (Å²) >= 11 is 0. The van der Waals surface area contributed by atoms with Gasteiger partial charge in [0.15, 0.2) is 23.0 Å². The Kier molecular flexibility index (Phi) is 11.0. The van der Waals surface area contributed by atoms with Crippen LogP contribution in [0.25, 0.3) is 0 Å². The maximum Gasteiger partial charge on any atom is 0.294 e. The van der Waals surface area contributed by atoms with E-state index in [0.29, 0.717) is 0 Å². The van der Waals surface area contributed by atoms with Crippen molar-refractivity contribution in [3.05, 3.63) is 59.7 Å². The van der Waals surface area contributed by atoms with Gasteiger partial charge in [0.05, 0.1) is 34.4 Å². The van der Waals surface area contributed by atoms with Crippen molar-refractivity contribution in [3.8, 4) is 23.0 Å². The van der Waals surface area contributed by atoms with E-state index >= 15 is 0 Å². The number of benzene rings is 3. The molecule has 0 fully saturated rings. The molecule has 0 atom stereocenters. The van der Waals surface area contributed by atoms with Gasteiger partial charge in [0.25, 0.3) is 20.2 Å². The minimum Gasteiger partial charge on any atom is -0.504 e. The van der Waals surface area contributed by atoms with Crippen LogP contribution in [0.4, 0.5) is 11.4 Å². The van der Waals surface area contributed by atoms with Crippen molar-refractivity contribution >= 4 is 44.0 Å². The summed E-state index contributed by atoms with van der Waals surface area (Å²) in [7, 11) is -6.47. The first-order valence-corrected chi connectivity index (χ1v) is 14.8. The van der Waals surface area contributed by atoms with Crippen LogP contribution < -0.4 is 9.47 Å². The zero-order chi connectivity index (χ0) is 30.9. The predicted molar refractivity (Wildman–Crippen MR) is 152 cm³/mol. The fourth-order valence-electron chi connectivity index (χ4n) is 3.35. The molecule has 0 spiro atoms. The smallest absolute Gasteiger partial charge is 0.294 e. The lowest BCUT2D eigenvalue weighted by Gasteiger charge is -2.11. The lowest BCUT2D eigenvalue weighted by Crippen LogP contribution is -2.07. The van der Waals surface area contributed by atoms with Crippen molar-refractivity contribution in [3.63, 3.8) is 0 Å². The average Bonchev–Trinajstić information content (AvgIpc) is 2.93. The number of ether oxygens (including phenoxy) is 4. The van der Waals surface area contributed by atoms with Gasteiger partial charge in [-0.15, -0.1) is 0 Å². The van der Waals surface area contributed by atoms with Crippen LogP contribution in [-0.4, -0.2) is 89.2 Å². The van der Waals surface area contributed by atoms with Gasteiger partial charge in [0.2, 0.25) is 0 Å². The SMILES string of the molecule is COCCOc1cc(S(=O)(=O)O)cc(C=Nc2ccccc2N=Cc2cc(S(=O)(=O)O)cc(OCCOC)c2O)c1O. The van der Waals surface area contributed by atoms with E-state index in [1.165, 1.54) is 26.4 Å². The molecular formula is C26H28N2O12S2. The monoisotopic (exact) mass is 624 g/mol. The third-order valence-corrected chi connectivity index (χ3v) is 7.07. The molecule has 3 aromatic carbocycles. The molecule has 0 aromatic heterocycles. The lowest BCUT2D eigenvalue weighted by molar-refractivity contribution is 0.144. The Balaban J connectivity index is 2.01. The Bertz CT molecular complexity index is 1560. The fourth-order valence-corrected chi connectivity index (χ4v) is 4.42. The Labute approximate surface area is 242 Å². The van der Waals surface area contributed by atoms with Gasteiger partial charge in [-0.2, -0.15) is 16.8 Å². The molecule has 0 heterocycles. The molecule has 0 amide bonds. The molecule has 0 aliphatic carbocycles. The number of aliphatic imine (C=N–C) groups is 2. The van der Waals surface area contributed by atoms with Crippen molar-refractivity contribution in [2.45, 2.75) is 9.79 Å². The highest BCUT2D eigenvalue weighted by atomic mass is 32.2. The summed E-state index contributed by atoms with van der Waals surface area (Å²) in [5.41, 5.74) is 0.226. The number of hydrogen-bond acceptors (Lipinski definition) is 12. The summed E-state index contributed by atoms with van der Waals surface area (Å²) in [6.07, 6.45) is 2.25. The van der Waals surface area contributed by atoms with Crippen LogP contribution in [0.1, 0.15) is 11.1 Å². The van der Waals surface area contributed by atoms with Gasteiger partial charge in [-0.05, 0) is 24.3 Å². The van der Waals surface area contributed by atoms with E-state index in [1.807, 2.05) is 0 Å². The lowest BCUT2D eigenvalue weighted by atomic mass is 10.2. The largest absolute Gasteiger partial charge is 0.504 e. The van der Waals surface area contributed by atoms with Crippen LogP contribution in [0.15, 0.2) is 68.3 Å². The number of phenols is 2. The minimum atomic E-state index is -4.66. The van der Waals surface area contributed by atoms with E-state index in [2.05, 4.69) is 9.98 Å². The van der Waals surface area contributed by atoms with E-state index in [1.54, 1.807) is 12.1 Å². The second-order valence-electron chi connectivity index (χ2n) is 8.36. The number of rotatable bonds is 14. The van der Waals surface area contributed by atoms with E-state index in [9.17, 15) is 36.2 Å². The summed E-state index contributed by atoms with van der Waals surface area (Å²) < 4.78 is 86.7. The van der Waals surface area contributed by atoms with Gasteiger partial charge >= 0.3 is 0 Å². The van der Waals surface area contributed by atoms with Crippen LogP contribution in [0.5, 0.6) is 23.0 Å². The standard InChI is InChI=1S/C26H28N2O12S2/c1-37-7-9-39-23-13-19(41(31,32)33)11-17(25(23)29)15-27-21-5-3-4-6-22(21)28-16-18-12-20(42(34,35)36)14-24(26(18)30)40-10-8-38-2/h3-6,11-16,29-30H,7-10H2,1-2H3,(H,31,32,33)(H,34,35,36). The van der Waals surface area contributed by atoms with Crippen molar-refractivity contribution in [1.82, 2.24) is 0 Å². The molecule has 0 aliphatic rings. The van der Waals surface area contributed by atoms with Crippen LogP contribution >= 0.6 is 0 Å². The molecule has 0 bridgehead atoms. The zero-order valence-electron chi connectivity index (χ0n) is 22.4. The molecule has 226 valence electrons. The van der Waals surface area contributed by atoms with Gasteiger partial charge in [0, 0.05) is 49.9 Å². The molecule has 3 aromatic rings. The Morgan fingerprint density at radius 3 is 1.38 bits per heavy atom. The number of phenolic OH excluding ortho intramolecular Hbond substituents is 2. The van der Waals surface area contributed by atoms with Gasteiger partial charge in [-0.3, -0.25) is 19.1 Å². The summed E-state index contributed by atoms with van der Waals surface area (Å²) in [5, 5.41) is 21.2. The molecule has 0 saturated carbocycles. The number of methoxy groups -OCH3 is 2. The Morgan fingerprint density at radius 2 is 1.05 bits per heavy atom. The summed E-state index contributed by atoms with van der Waals surface area (Å²) in [5.74, 6) is -1.35. The molecule has 3 rings (SSSR count). The summed E-state index contributed by atoms with van der Waals surface area (Å²) in [4.78, 5) is 7.44. The normalized spacial score (nSPS) is 12.3. The van der Waals surface area contributed by atoms with Crippen molar-refractivity contribution in [2.75, 3.05) is 40.6 Å². The number of para-hydroxylation sites is 2. The molecule has 0 saturated heterocycles. The van der Waals surface area contributed by atoms with Crippen molar-refractivity contribution in [2.24, 2.45) is 9.98 Å². The molecule has 16 heteroatoms. The van der Waals surface area contributed by atoms with Gasteiger partial charge in [0.1, 0.15) is 13.2 Å². The van der Waals surface area contributed by atoms with Crippen LogP contribution in [0.2, 0.25) is 0 Å². The first-order chi connectivity index (χ1) is 19.8. The molecule has 0 radical (unpaired) electrons. The number of nitrogens with zero attached hydrogens (tertiary/aromatic N) is 2. The quantitative estimate of drug-likeness (QED) is 0.116. The maximum absolute atomic E-state index is 11.8. The summed E-state index contributed by atoms with van der Waals surface area (Å²) in [6, 6.07) is 10.2. The third kappa shape index (κ3) is 8.72. The average molecular weight is 625 g/mol. The van der Waals surface area contributed by atoms with Gasteiger partial charge in [-0.25, -0.2) is 0 Å². The third-order valence-electron chi connectivity index (χ3n) is 5.41. The molecule has 42 heavy (non-hydrogen) atoms. The second-order valence-corrected chi connectivity index (χ2v) is 11.2. The minimum absolute atomic E-state index is 0.0160. The maximum atomic E-state index is 11.8. The molecule has 4 N–H and O–H groups in total. The van der Waals surface area contributed by atoms with Crippen LogP contribution in [0, 0.1) is 0 Å². The van der Waals surface area contributed by atoms with E-state index in [4.69, 9.17) is 18.9 Å². The highest BCUT2D eigenvalue weighted by Gasteiger charge is 2.19. The summed E-state index contributed by atoms with van der Waals surface area (Å²) in [6.45, 7) is 0.261. The topological polar surface area (TPSA) is 211 Å². The molecule has 14 nitrogen and oxygen atoms in total. The van der Waals surface area contributed by atoms with Gasteiger partial charge in [-0.1, -0.05) is 12.1 Å². The van der Waals surface area contributed by atoms with E-state index in [0.717, 1.165) is 36.7 Å². The van der Waals surface area contributed by atoms with E-state index < -0.39 is 41.5 Å². The number of aromatic hydroxyl groups is 2. The zero-order valence-corrected chi connectivity index (χ0v) is 24.0. The van der Waals surface area contributed by atoms with Crippen LogP contribution in [0.3, 0.4) is 0 Å². The van der Waals surface area contributed by atoms with Crippen LogP contribution in [-0.2, 0) is 29.7 Å². The van der Waals surface area contributed by atoms with Crippen molar-refractivity contribution < 1.29 is 55.1 Å². The van der Waals surface area contributed by atoms with Gasteiger partial charge < -0.3 is 29.2 Å². The highest BCUT2D eigenvalue weighted by molar-refractivity contribution is 7.86. The molecular weight excluding hydrogens is 596 g/mol. The first-order valence-electron chi connectivity index (χ1n) is 11.9. The Hall–Kier alpha value is -4.06. The van der Waals surface area contributed by atoms with Crippen molar-refractivity contribution in [1.29, 1.82) is 0 Å². The van der Waals surface area contributed by atoms with E-state index in [-0.39, 0.29) is 60.4 Å². The number of hydrogen-bond donors (Lipinski definition) is 4. The first kappa shape index (κ1) is 32.5. The predicted octanol–water partition coefficient (Wildman–Crippen LogP) is 3.14. The second kappa shape index (κ2) is 14.2. The Morgan fingerprint density at radius 1 is 0.667 bits per heavy atom. The fraction of sp³-hybridized carbons (Fsp3) is 0.231. The molecule has 0 aliphatic heterocycles. The molecule has 0 unspecified atom stereocenters.